The first-order valence-corrected chi connectivity index (χ1v) is 6.69. The molecule has 0 aliphatic heterocycles. The van der Waals surface area contributed by atoms with Crippen molar-refractivity contribution in [1.29, 1.82) is 0 Å². The van der Waals surface area contributed by atoms with Crippen LogP contribution in [0, 0.1) is 5.82 Å². The number of benzene rings is 1. The van der Waals surface area contributed by atoms with Crippen molar-refractivity contribution >= 4 is 17.7 Å². The van der Waals surface area contributed by atoms with Crippen LogP contribution < -0.4 is 0 Å². The Bertz CT molecular complexity index is 598. The number of aromatic carboxylic acids is 1. The highest BCUT2D eigenvalue weighted by Crippen LogP contribution is 2.24. The van der Waals surface area contributed by atoms with Gasteiger partial charge in [0.1, 0.15) is 5.82 Å². The first kappa shape index (κ1) is 13.6. The maximum Gasteiger partial charge on any atom is 0.335 e. The molecule has 0 spiro atoms. The lowest BCUT2D eigenvalue weighted by Crippen LogP contribution is -2.00. The van der Waals surface area contributed by atoms with E-state index in [0.29, 0.717) is 10.6 Å². The normalized spacial score (nSPS) is 10.6. The monoisotopic (exact) mass is 280 g/mol. The summed E-state index contributed by atoms with van der Waals surface area (Å²) in [5.41, 5.74) is 1.16. The fourth-order valence-electron chi connectivity index (χ4n) is 1.66. The third kappa shape index (κ3) is 3.35. The van der Waals surface area contributed by atoms with Crippen molar-refractivity contribution < 1.29 is 14.3 Å². The Morgan fingerprint density at radius 3 is 2.89 bits per heavy atom. The highest BCUT2D eigenvalue weighted by Gasteiger charge is 2.09. The van der Waals surface area contributed by atoms with Crippen molar-refractivity contribution in [3.8, 4) is 0 Å². The molecule has 0 aliphatic rings. The third-order valence-electron chi connectivity index (χ3n) is 2.72. The first-order chi connectivity index (χ1) is 9.08. The number of thioether (sulfide) groups is 1. The van der Waals surface area contributed by atoms with E-state index in [9.17, 15) is 9.18 Å². The maximum absolute atomic E-state index is 13.5. The van der Waals surface area contributed by atoms with Gasteiger partial charge in [-0.05, 0) is 30.7 Å². The van der Waals surface area contributed by atoms with E-state index in [1.54, 1.807) is 10.9 Å². The number of carboxylic acid groups (broad SMARTS) is 1. The second-order valence-electron chi connectivity index (χ2n) is 3.99. The summed E-state index contributed by atoms with van der Waals surface area (Å²) >= 11 is 1.31. The standard InChI is InChI=1S/C13H13FN2O2S/c1-16-10(4-6-15-16)5-7-19-12-8-9(13(17)18)2-3-11(12)14/h2-4,6,8H,5,7H2,1H3,(H,17,18). The van der Waals surface area contributed by atoms with Crippen LogP contribution in [0.2, 0.25) is 0 Å². The summed E-state index contributed by atoms with van der Waals surface area (Å²) in [6.07, 6.45) is 2.46. The van der Waals surface area contributed by atoms with E-state index < -0.39 is 5.97 Å². The van der Waals surface area contributed by atoms with Crippen LogP contribution in [0.15, 0.2) is 35.4 Å². The molecule has 0 bridgehead atoms. The molecule has 0 unspecified atom stereocenters. The zero-order valence-electron chi connectivity index (χ0n) is 10.3. The van der Waals surface area contributed by atoms with Crippen molar-refractivity contribution in [2.75, 3.05) is 5.75 Å². The molecule has 0 radical (unpaired) electrons. The molecule has 1 aromatic carbocycles. The summed E-state index contributed by atoms with van der Waals surface area (Å²) in [4.78, 5) is 11.2. The van der Waals surface area contributed by atoms with Gasteiger partial charge in [0.15, 0.2) is 0 Å². The molecular formula is C13H13FN2O2S. The maximum atomic E-state index is 13.5. The minimum Gasteiger partial charge on any atom is -0.478 e. The predicted molar refractivity (Wildman–Crippen MR) is 71.0 cm³/mol. The summed E-state index contributed by atoms with van der Waals surface area (Å²) in [7, 11) is 1.85. The van der Waals surface area contributed by atoms with Gasteiger partial charge in [0.25, 0.3) is 0 Å². The Kier molecular flexibility index (Phi) is 4.21. The van der Waals surface area contributed by atoms with Gasteiger partial charge in [-0.2, -0.15) is 5.10 Å². The molecule has 0 amide bonds. The summed E-state index contributed by atoms with van der Waals surface area (Å²) < 4.78 is 15.3. The number of halogens is 1. The van der Waals surface area contributed by atoms with Crippen LogP contribution >= 0.6 is 11.8 Å². The number of hydrogen-bond acceptors (Lipinski definition) is 3. The largest absolute Gasteiger partial charge is 0.478 e. The summed E-state index contributed by atoms with van der Waals surface area (Å²) in [6, 6.07) is 5.73. The van der Waals surface area contributed by atoms with Crippen molar-refractivity contribution in [1.82, 2.24) is 9.78 Å². The van der Waals surface area contributed by atoms with Crippen LogP contribution in [-0.4, -0.2) is 26.6 Å². The van der Waals surface area contributed by atoms with Gasteiger partial charge in [-0.3, -0.25) is 4.68 Å². The average Bonchev–Trinajstić information content (AvgIpc) is 2.77. The molecule has 2 rings (SSSR count). The Hall–Kier alpha value is -1.82. The number of carbonyl (C=O) groups is 1. The molecule has 1 N–H and O–H groups in total. The predicted octanol–water partition coefficient (Wildman–Crippen LogP) is 2.59. The van der Waals surface area contributed by atoms with Crippen LogP contribution in [0.1, 0.15) is 16.1 Å². The highest BCUT2D eigenvalue weighted by atomic mass is 32.2. The zero-order valence-corrected chi connectivity index (χ0v) is 11.2. The molecule has 6 heteroatoms. The lowest BCUT2D eigenvalue weighted by molar-refractivity contribution is 0.0696. The first-order valence-electron chi connectivity index (χ1n) is 5.70. The number of rotatable bonds is 5. The molecule has 0 saturated heterocycles. The summed E-state index contributed by atoms with van der Waals surface area (Å²) in [6.45, 7) is 0. The van der Waals surface area contributed by atoms with Crippen LogP contribution in [0.25, 0.3) is 0 Å². The Morgan fingerprint density at radius 2 is 2.26 bits per heavy atom. The molecule has 4 nitrogen and oxygen atoms in total. The number of carboxylic acids is 1. The zero-order chi connectivity index (χ0) is 13.8. The Balaban J connectivity index is 2.01. The molecule has 1 aromatic heterocycles. The fraction of sp³-hybridized carbons (Fsp3) is 0.231. The molecule has 0 aliphatic carbocycles. The molecule has 100 valence electrons. The van der Waals surface area contributed by atoms with Crippen LogP contribution in [0.4, 0.5) is 4.39 Å². The molecule has 0 saturated carbocycles. The van der Waals surface area contributed by atoms with Crippen molar-refractivity contribution in [3.63, 3.8) is 0 Å². The lowest BCUT2D eigenvalue weighted by Gasteiger charge is -2.05. The van der Waals surface area contributed by atoms with Gasteiger partial charge >= 0.3 is 5.97 Å². The Labute approximate surface area is 114 Å². The van der Waals surface area contributed by atoms with E-state index in [4.69, 9.17) is 5.11 Å². The number of hydrogen-bond donors (Lipinski definition) is 1. The van der Waals surface area contributed by atoms with Gasteiger partial charge in [-0.1, -0.05) is 0 Å². The summed E-state index contributed by atoms with van der Waals surface area (Å²) in [5.74, 6) is -0.770. The van der Waals surface area contributed by atoms with E-state index >= 15 is 0 Å². The van der Waals surface area contributed by atoms with Gasteiger partial charge in [0, 0.05) is 29.6 Å². The lowest BCUT2D eigenvalue weighted by atomic mass is 10.2. The van der Waals surface area contributed by atoms with E-state index in [1.807, 2.05) is 13.1 Å². The number of aryl methyl sites for hydroxylation is 2. The average molecular weight is 280 g/mol. The van der Waals surface area contributed by atoms with Crippen LogP contribution in [0.3, 0.4) is 0 Å². The smallest absolute Gasteiger partial charge is 0.335 e. The molecule has 0 atom stereocenters. The molecule has 19 heavy (non-hydrogen) atoms. The van der Waals surface area contributed by atoms with Gasteiger partial charge in [-0.15, -0.1) is 11.8 Å². The second kappa shape index (κ2) is 5.88. The van der Waals surface area contributed by atoms with Crippen molar-refractivity contribution in [3.05, 3.63) is 47.5 Å². The molecular weight excluding hydrogens is 267 g/mol. The third-order valence-corrected chi connectivity index (χ3v) is 3.75. The van der Waals surface area contributed by atoms with Gasteiger partial charge in [0.2, 0.25) is 0 Å². The van der Waals surface area contributed by atoms with Gasteiger partial charge in [0.05, 0.1) is 5.56 Å². The highest BCUT2D eigenvalue weighted by molar-refractivity contribution is 7.99. The van der Waals surface area contributed by atoms with Gasteiger partial charge < -0.3 is 5.11 Å². The molecule has 2 aromatic rings. The van der Waals surface area contributed by atoms with E-state index in [1.165, 1.54) is 30.0 Å². The van der Waals surface area contributed by atoms with E-state index in [2.05, 4.69) is 5.10 Å². The van der Waals surface area contributed by atoms with Gasteiger partial charge in [-0.25, -0.2) is 9.18 Å². The second-order valence-corrected chi connectivity index (χ2v) is 5.13. The van der Waals surface area contributed by atoms with E-state index in [0.717, 1.165) is 12.1 Å². The van der Waals surface area contributed by atoms with Crippen LogP contribution in [-0.2, 0) is 13.5 Å². The minimum atomic E-state index is -1.05. The molecule has 1 heterocycles. The number of aromatic nitrogens is 2. The number of nitrogens with zero attached hydrogens (tertiary/aromatic N) is 2. The minimum absolute atomic E-state index is 0.101. The van der Waals surface area contributed by atoms with E-state index in [-0.39, 0.29) is 11.4 Å². The fourth-order valence-corrected chi connectivity index (χ4v) is 2.61. The topological polar surface area (TPSA) is 55.1 Å². The van der Waals surface area contributed by atoms with Crippen molar-refractivity contribution in [2.45, 2.75) is 11.3 Å². The SMILES string of the molecule is Cn1nccc1CCSc1cc(C(=O)O)ccc1F. The molecule has 0 fully saturated rings. The quantitative estimate of drug-likeness (QED) is 0.855. The summed E-state index contributed by atoms with van der Waals surface area (Å²) in [5, 5.41) is 12.9. The van der Waals surface area contributed by atoms with Crippen LogP contribution in [0.5, 0.6) is 0 Å². The Morgan fingerprint density at radius 1 is 1.47 bits per heavy atom. The van der Waals surface area contributed by atoms with Crippen molar-refractivity contribution in [2.24, 2.45) is 7.05 Å².